The number of fused-ring (bicyclic) bond motifs is 1. The molecule has 0 heterocycles. The fourth-order valence-electron chi connectivity index (χ4n) is 4.77. The van der Waals surface area contributed by atoms with Crippen LogP contribution in [-0.2, 0) is 16.0 Å². The van der Waals surface area contributed by atoms with E-state index in [1.165, 1.54) is 33.4 Å². The molecule has 0 radical (unpaired) electrons. The molecule has 166 valence electrons. The van der Waals surface area contributed by atoms with Crippen LogP contribution < -0.4 is 4.74 Å². The summed E-state index contributed by atoms with van der Waals surface area (Å²) >= 11 is 0. The molecule has 3 aromatic rings. The Hall–Kier alpha value is -3.11. The highest BCUT2D eigenvalue weighted by Gasteiger charge is 2.27. The minimum atomic E-state index is -0.869. The summed E-state index contributed by atoms with van der Waals surface area (Å²) in [5, 5.41) is 9.14. The van der Waals surface area contributed by atoms with Gasteiger partial charge in [-0.25, -0.2) is 0 Å². The third kappa shape index (κ3) is 4.56. The van der Waals surface area contributed by atoms with Gasteiger partial charge in [-0.1, -0.05) is 48.5 Å². The largest absolute Gasteiger partial charge is 0.486 e. The molecule has 4 heteroatoms. The highest BCUT2D eigenvalue weighted by Crippen LogP contribution is 2.41. The number of carbonyl (C=O) groups is 1. The first-order chi connectivity index (χ1) is 15.5. The highest BCUT2D eigenvalue weighted by atomic mass is 16.5. The molecule has 1 aliphatic rings. The Bertz CT molecular complexity index is 1080. The second kappa shape index (κ2) is 9.58. The summed E-state index contributed by atoms with van der Waals surface area (Å²) in [6.45, 7) is 6.69. The number of aliphatic carboxylic acids is 1. The number of carboxylic acid groups (broad SMARTS) is 1. The number of rotatable bonds is 8. The molecule has 0 saturated carbocycles. The monoisotopic (exact) mass is 430 g/mol. The summed E-state index contributed by atoms with van der Waals surface area (Å²) in [5.74, 6) is -0.0827. The fraction of sp³-hybridized carbons (Fsp3) is 0.321. The molecule has 0 bridgehead atoms. The Kier molecular flexibility index (Phi) is 6.61. The van der Waals surface area contributed by atoms with Crippen LogP contribution in [0.4, 0.5) is 0 Å². The van der Waals surface area contributed by atoms with Crippen molar-refractivity contribution in [2.45, 2.75) is 52.2 Å². The minimum Gasteiger partial charge on any atom is -0.486 e. The molecule has 3 aromatic carbocycles. The Morgan fingerprint density at radius 2 is 1.72 bits per heavy atom. The van der Waals surface area contributed by atoms with E-state index in [1.807, 2.05) is 31.2 Å². The standard InChI is InChI=1S/C28H30O4/c1-4-31-26(17-27(29)30)20-11-13-21(14-12-20)32-25-16-15-22-23(25)9-6-10-24(22)28-18(2)7-5-8-19(28)3/h5-14,25-26H,4,15-17H2,1-3H3,(H,29,30)/t25-,26+/m1/s1. The van der Waals surface area contributed by atoms with Gasteiger partial charge in [-0.05, 0) is 84.7 Å². The van der Waals surface area contributed by atoms with E-state index in [-0.39, 0.29) is 12.5 Å². The maximum Gasteiger partial charge on any atom is 0.306 e. The van der Waals surface area contributed by atoms with Crippen molar-refractivity contribution >= 4 is 5.97 Å². The van der Waals surface area contributed by atoms with Crippen molar-refractivity contribution in [3.63, 3.8) is 0 Å². The second-order valence-corrected chi connectivity index (χ2v) is 8.40. The van der Waals surface area contributed by atoms with Gasteiger partial charge in [0.25, 0.3) is 0 Å². The molecule has 1 N–H and O–H groups in total. The van der Waals surface area contributed by atoms with Crippen LogP contribution in [0.1, 0.15) is 59.8 Å². The highest BCUT2D eigenvalue weighted by molar-refractivity contribution is 5.75. The summed E-state index contributed by atoms with van der Waals surface area (Å²) in [5.41, 5.74) is 8.72. The van der Waals surface area contributed by atoms with Gasteiger partial charge in [0.05, 0.1) is 12.5 Å². The quantitative estimate of drug-likeness (QED) is 0.438. The molecule has 0 unspecified atom stereocenters. The molecule has 0 aliphatic heterocycles. The van der Waals surface area contributed by atoms with Crippen molar-refractivity contribution in [3.8, 4) is 16.9 Å². The van der Waals surface area contributed by atoms with Crippen LogP contribution in [0.3, 0.4) is 0 Å². The van der Waals surface area contributed by atoms with Crippen LogP contribution >= 0.6 is 0 Å². The SMILES string of the molecule is CCO[C@@H](CC(=O)O)c1ccc(O[C@@H]2CCc3c(-c4c(C)cccc4C)cccc32)cc1. The van der Waals surface area contributed by atoms with Crippen LogP contribution in [-0.4, -0.2) is 17.7 Å². The van der Waals surface area contributed by atoms with Gasteiger partial charge in [-0.2, -0.15) is 0 Å². The van der Waals surface area contributed by atoms with E-state index < -0.39 is 12.1 Å². The molecule has 4 rings (SSSR count). The number of carboxylic acids is 1. The second-order valence-electron chi connectivity index (χ2n) is 8.40. The van der Waals surface area contributed by atoms with E-state index in [2.05, 4.69) is 50.2 Å². The zero-order chi connectivity index (χ0) is 22.7. The van der Waals surface area contributed by atoms with E-state index in [0.29, 0.717) is 6.61 Å². The van der Waals surface area contributed by atoms with Gasteiger partial charge in [-0.3, -0.25) is 4.79 Å². The molecule has 0 fully saturated rings. The van der Waals surface area contributed by atoms with Crippen LogP contribution in [0.25, 0.3) is 11.1 Å². The van der Waals surface area contributed by atoms with Gasteiger partial charge in [0, 0.05) is 6.61 Å². The van der Waals surface area contributed by atoms with Crippen molar-refractivity contribution < 1.29 is 19.4 Å². The number of aryl methyl sites for hydroxylation is 2. The third-order valence-electron chi connectivity index (χ3n) is 6.22. The first-order valence-electron chi connectivity index (χ1n) is 11.3. The predicted molar refractivity (Wildman–Crippen MR) is 126 cm³/mol. The van der Waals surface area contributed by atoms with Crippen molar-refractivity contribution in [2.24, 2.45) is 0 Å². The summed E-state index contributed by atoms with van der Waals surface area (Å²) < 4.78 is 12.0. The molecular formula is C28H30O4. The number of hydrogen-bond acceptors (Lipinski definition) is 3. The van der Waals surface area contributed by atoms with Gasteiger partial charge < -0.3 is 14.6 Å². The van der Waals surface area contributed by atoms with E-state index in [0.717, 1.165) is 24.2 Å². The van der Waals surface area contributed by atoms with Crippen molar-refractivity contribution in [2.75, 3.05) is 6.61 Å². The Balaban J connectivity index is 1.56. The summed E-state index contributed by atoms with van der Waals surface area (Å²) in [7, 11) is 0. The maximum atomic E-state index is 11.1. The average Bonchev–Trinajstić information content (AvgIpc) is 3.17. The number of benzene rings is 3. The van der Waals surface area contributed by atoms with Gasteiger partial charge in [0.15, 0.2) is 0 Å². The normalized spacial score (nSPS) is 15.9. The molecule has 0 spiro atoms. The lowest BCUT2D eigenvalue weighted by atomic mass is 9.91. The Labute approximate surface area is 189 Å². The summed E-state index contributed by atoms with van der Waals surface area (Å²) in [6, 6.07) is 20.6. The molecular weight excluding hydrogens is 400 g/mol. The van der Waals surface area contributed by atoms with E-state index in [1.54, 1.807) is 0 Å². The smallest absolute Gasteiger partial charge is 0.306 e. The molecule has 4 nitrogen and oxygen atoms in total. The van der Waals surface area contributed by atoms with Crippen LogP contribution in [0.2, 0.25) is 0 Å². The zero-order valence-electron chi connectivity index (χ0n) is 18.9. The lowest BCUT2D eigenvalue weighted by molar-refractivity contribution is -0.140. The van der Waals surface area contributed by atoms with Crippen LogP contribution in [0.5, 0.6) is 5.75 Å². The van der Waals surface area contributed by atoms with E-state index >= 15 is 0 Å². The number of hydrogen-bond donors (Lipinski definition) is 1. The average molecular weight is 431 g/mol. The molecule has 2 atom stereocenters. The maximum absolute atomic E-state index is 11.1. The lowest BCUT2D eigenvalue weighted by Gasteiger charge is -2.19. The first kappa shape index (κ1) is 22.1. The predicted octanol–water partition coefficient (Wildman–Crippen LogP) is 6.59. The Morgan fingerprint density at radius 1 is 1.03 bits per heavy atom. The van der Waals surface area contributed by atoms with Crippen molar-refractivity contribution in [3.05, 3.63) is 88.5 Å². The van der Waals surface area contributed by atoms with Crippen molar-refractivity contribution in [1.82, 2.24) is 0 Å². The van der Waals surface area contributed by atoms with Crippen LogP contribution in [0, 0.1) is 13.8 Å². The lowest BCUT2D eigenvalue weighted by Crippen LogP contribution is -2.10. The van der Waals surface area contributed by atoms with Crippen LogP contribution in [0.15, 0.2) is 60.7 Å². The summed E-state index contributed by atoms with van der Waals surface area (Å²) in [6.07, 6.45) is 1.46. The van der Waals surface area contributed by atoms with Crippen molar-refractivity contribution in [1.29, 1.82) is 0 Å². The molecule has 32 heavy (non-hydrogen) atoms. The third-order valence-corrected chi connectivity index (χ3v) is 6.22. The van der Waals surface area contributed by atoms with E-state index in [4.69, 9.17) is 14.6 Å². The fourth-order valence-corrected chi connectivity index (χ4v) is 4.77. The van der Waals surface area contributed by atoms with Gasteiger partial charge in [-0.15, -0.1) is 0 Å². The molecule has 0 aromatic heterocycles. The van der Waals surface area contributed by atoms with Gasteiger partial charge >= 0.3 is 5.97 Å². The van der Waals surface area contributed by atoms with Gasteiger partial charge in [0.2, 0.25) is 0 Å². The number of ether oxygens (including phenoxy) is 2. The molecule has 0 amide bonds. The molecule has 1 aliphatic carbocycles. The Morgan fingerprint density at radius 3 is 2.38 bits per heavy atom. The first-order valence-corrected chi connectivity index (χ1v) is 11.3. The zero-order valence-corrected chi connectivity index (χ0v) is 18.9. The minimum absolute atomic E-state index is 0.0156. The summed E-state index contributed by atoms with van der Waals surface area (Å²) in [4.78, 5) is 11.1. The van der Waals surface area contributed by atoms with E-state index in [9.17, 15) is 4.79 Å². The topological polar surface area (TPSA) is 55.8 Å². The molecule has 0 saturated heterocycles. The van der Waals surface area contributed by atoms with Gasteiger partial charge in [0.1, 0.15) is 11.9 Å².